The fourth-order valence-corrected chi connectivity index (χ4v) is 4.96. The number of carbonyl (C=O) groups excluding carboxylic acids is 5. The lowest BCUT2D eigenvalue weighted by Gasteiger charge is -2.44. The number of hydrogen-bond donors (Lipinski definition) is 1. The Balaban J connectivity index is 1.55. The van der Waals surface area contributed by atoms with Gasteiger partial charge in [0.05, 0.1) is 22.3 Å². The minimum absolute atomic E-state index is 0.138. The molecule has 1 saturated heterocycles. The summed E-state index contributed by atoms with van der Waals surface area (Å²) in [4.78, 5) is 65.9. The Hall–Kier alpha value is -5.52. The molecule has 0 radical (unpaired) electrons. The van der Waals surface area contributed by atoms with Crippen LogP contribution >= 0.6 is 11.6 Å². The van der Waals surface area contributed by atoms with Crippen LogP contribution in [-0.2, 0) is 28.5 Å². The topological polar surface area (TPSA) is 144 Å². The van der Waals surface area contributed by atoms with Gasteiger partial charge in [0.2, 0.25) is 5.91 Å². The van der Waals surface area contributed by atoms with Gasteiger partial charge in [0.25, 0.3) is 0 Å². The third kappa shape index (κ3) is 8.64. The van der Waals surface area contributed by atoms with Gasteiger partial charge in [-0.15, -0.1) is 11.6 Å². The Morgan fingerprint density at radius 1 is 0.542 bits per heavy atom. The summed E-state index contributed by atoms with van der Waals surface area (Å²) < 4.78 is 29.4. The van der Waals surface area contributed by atoms with Gasteiger partial charge in [0.15, 0.2) is 24.5 Å². The predicted molar refractivity (Wildman–Crippen MR) is 171 cm³/mol. The summed E-state index contributed by atoms with van der Waals surface area (Å²) in [5, 5.41) is 2.53. The third-order valence-corrected chi connectivity index (χ3v) is 7.45. The monoisotopic (exact) mass is 671 g/mol. The minimum atomic E-state index is -1.59. The molecular formula is C36H30ClNO10. The van der Waals surface area contributed by atoms with Crippen molar-refractivity contribution in [2.45, 2.75) is 30.6 Å². The van der Waals surface area contributed by atoms with Crippen LogP contribution in [0.25, 0.3) is 0 Å². The molecule has 12 heteroatoms. The lowest BCUT2D eigenvalue weighted by Crippen LogP contribution is -2.66. The molecule has 0 bridgehead atoms. The summed E-state index contributed by atoms with van der Waals surface area (Å²) in [5.74, 6) is -4.46. The van der Waals surface area contributed by atoms with Crippen molar-refractivity contribution in [3.63, 3.8) is 0 Å². The minimum Gasteiger partial charge on any atom is -0.459 e. The highest BCUT2D eigenvalue weighted by Crippen LogP contribution is 2.30. The first-order chi connectivity index (χ1) is 23.3. The first-order valence-electron chi connectivity index (χ1n) is 14.8. The van der Waals surface area contributed by atoms with E-state index in [-0.39, 0.29) is 22.3 Å². The lowest BCUT2D eigenvalue weighted by molar-refractivity contribution is -0.235. The van der Waals surface area contributed by atoms with Crippen molar-refractivity contribution in [2.75, 3.05) is 12.5 Å². The quantitative estimate of drug-likeness (QED) is 0.137. The molecule has 0 aromatic heterocycles. The first kappa shape index (κ1) is 33.8. The summed E-state index contributed by atoms with van der Waals surface area (Å²) in [6.07, 6.45) is -7.53. The molecule has 1 fully saturated rings. The van der Waals surface area contributed by atoms with Crippen LogP contribution in [0, 0.1) is 0 Å². The van der Waals surface area contributed by atoms with E-state index in [1.165, 1.54) is 36.4 Å². The number of nitrogens with one attached hydrogen (secondary N) is 1. The molecular weight excluding hydrogens is 642 g/mol. The number of esters is 4. The van der Waals surface area contributed by atoms with Crippen LogP contribution in [0.3, 0.4) is 0 Å². The summed E-state index contributed by atoms with van der Waals surface area (Å²) >= 11 is 5.79. The van der Waals surface area contributed by atoms with Gasteiger partial charge in [0, 0.05) is 0 Å². The second-order valence-electron chi connectivity index (χ2n) is 10.5. The number of ether oxygens (including phenoxy) is 5. The average Bonchev–Trinajstić information content (AvgIpc) is 3.14. The largest absolute Gasteiger partial charge is 0.459 e. The Kier molecular flexibility index (Phi) is 11.5. The van der Waals surface area contributed by atoms with Crippen LogP contribution in [0.5, 0.6) is 0 Å². The molecule has 1 aliphatic heterocycles. The van der Waals surface area contributed by atoms with Crippen LogP contribution in [0.2, 0.25) is 0 Å². The van der Waals surface area contributed by atoms with E-state index >= 15 is 0 Å². The van der Waals surface area contributed by atoms with E-state index < -0.39 is 72.9 Å². The Bertz CT molecular complexity index is 1710. The fourth-order valence-electron chi connectivity index (χ4n) is 4.88. The second kappa shape index (κ2) is 16.3. The molecule has 246 valence electrons. The molecule has 1 heterocycles. The fraction of sp³-hybridized carbons (Fsp3) is 0.194. The van der Waals surface area contributed by atoms with E-state index in [0.717, 1.165) is 0 Å². The highest BCUT2D eigenvalue weighted by Gasteiger charge is 2.53. The van der Waals surface area contributed by atoms with Crippen LogP contribution in [0.15, 0.2) is 121 Å². The van der Waals surface area contributed by atoms with E-state index in [0.29, 0.717) is 0 Å². The number of amides is 1. The van der Waals surface area contributed by atoms with Crippen molar-refractivity contribution < 1.29 is 47.7 Å². The van der Waals surface area contributed by atoms with Crippen molar-refractivity contribution in [1.29, 1.82) is 0 Å². The van der Waals surface area contributed by atoms with Gasteiger partial charge < -0.3 is 29.0 Å². The van der Waals surface area contributed by atoms with Crippen LogP contribution in [0.1, 0.15) is 41.4 Å². The average molecular weight is 672 g/mol. The summed E-state index contributed by atoms with van der Waals surface area (Å²) in [7, 11) is 0. The van der Waals surface area contributed by atoms with Crippen molar-refractivity contribution >= 4 is 41.4 Å². The number of hydrogen-bond acceptors (Lipinski definition) is 10. The van der Waals surface area contributed by atoms with Gasteiger partial charge >= 0.3 is 23.9 Å². The molecule has 5 atom stereocenters. The maximum absolute atomic E-state index is 13.5. The smallest absolute Gasteiger partial charge is 0.338 e. The summed E-state index contributed by atoms with van der Waals surface area (Å²) in [5.41, 5.74) is 0.671. The van der Waals surface area contributed by atoms with Crippen LogP contribution in [-0.4, -0.2) is 72.9 Å². The molecule has 1 aliphatic rings. The molecule has 0 unspecified atom stereocenters. The zero-order valence-electron chi connectivity index (χ0n) is 25.3. The molecule has 48 heavy (non-hydrogen) atoms. The van der Waals surface area contributed by atoms with Crippen LogP contribution in [0.4, 0.5) is 0 Å². The van der Waals surface area contributed by atoms with Gasteiger partial charge in [-0.2, -0.15) is 0 Å². The van der Waals surface area contributed by atoms with E-state index in [1.807, 2.05) is 0 Å². The molecule has 5 rings (SSSR count). The van der Waals surface area contributed by atoms with Crippen molar-refractivity contribution in [3.05, 3.63) is 144 Å². The van der Waals surface area contributed by atoms with Gasteiger partial charge in [-0.3, -0.25) is 4.79 Å². The van der Waals surface area contributed by atoms with Crippen molar-refractivity contribution in [2.24, 2.45) is 0 Å². The predicted octanol–water partition coefficient (Wildman–Crippen LogP) is 4.60. The second-order valence-corrected chi connectivity index (χ2v) is 10.7. The Morgan fingerprint density at radius 2 is 0.917 bits per heavy atom. The molecule has 4 aromatic rings. The maximum atomic E-state index is 13.5. The number of benzene rings is 4. The van der Waals surface area contributed by atoms with Crippen LogP contribution < -0.4 is 5.32 Å². The number of alkyl halides is 1. The van der Waals surface area contributed by atoms with Crippen molar-refractivity contribution in [3.8, 4) is 0 Å². The van der Waals surface area contributed by atoms with E-state index in [1.54, 1.807) is 84.9 Å². The Morgan fingerprint density at radius 3 is 1.33 bits per heavy atom. The van der Waals surface area contributed by atoms with Gasteiger partial charge in [-0.05, 0) is 48.5 Å². The maximum Gasteiger partial charge on any atom is 0.338 e. The molecule has 4 aromatic carbocycles. The summed E-state index contributed by atoms with van der Waals surface area (Å²) in [6, 6.07) is 32.0. The molecule has 0 spiro atoms. The summed E-state index contributed by atoms with van der Waals surface area (Å²) in [6.45, 7) is -0.521. The standard InChI is InChI=1S/C36H30ClNO10/c37-21-28(39)38-32-31(48-36(43)26-19-11-4-12-20-26)30(47-35(42)25-17-9-3-10-18-25)29(46-34(41)24-15-7-2-8-16-24)27(45-32)22-44-33(40)23-13-5-1-6-14-23/h1-20,27,29-32H,21-22H2,(H,38,39)/t27-,29-,30+,31-,32-/m1/s1. The number of carbonyl (C=O) groups is 5. The first-order valence-corrected chi connectivity index (χ1v) is 15.4. The SMILES string of the molecule is O=C(CCl)N[C@@H]1O[C@H](COC(=O)c2ccccc2)[C@@H](OC(=O)c2ccccc2)[C@H](OC(=O)c2ccccc2)[C@H]1OC(=O)c1ccccc1. The third-order valence-electron chi connectivity index (χ3n) is 7.20. The molecule has 0 saturated carbocycles. The number of halogens is 1. The zero-order valence-corrected chi connectivity index (χ0v) is 26.1. The van der Waals surface area contributed by atoms with E-state index in [2.05, 4.69) is 5.32 Å². The van der Waals surface area contributed by atoms with Gasteiger partial charge in [-0.1, -0.05) is 72.8 Å². The van der Waals surface area contributed by atoms with Gasteiger partial charge in [0.1, 0.15) is 18.6 Å². The van der Waals surface area contributed by atoms with E-state index in [9.17, 15) is 24.0 Å². The van der Waals surface area contributed by atoms with Gasteiger partial charge in [-0.25, -0.2) is 19.2 Å². The zero-order chi connectivity index (χ0) is 33.9. The molecule has 1 N–H and O–H groups in total. The molecule has 1 amide bonds. The molecule has 11 nitrogen and oxygen atoms in total. The van der Waals surface area contributed by atoms with Crippen molar-refractivity contribution in [1.82, 2.24) is 5.32 Å². The highest BCUT2D eigenvalue weighted by atomic mass is 35.5. The van der Waals surface area contributed by atoms with E-state index in [4.69, 9.17) is 35.3 Å². The number of rotatable bonds is 11. The highest BCUT2D eigenvalue weighted by molar-refractivity contribution is 6.27. The normalized spacial score (nSPS) is 20.1. The molecule has 0 aliphatic carbocycles. The lowest BCUT2D eigenvalue weighted by atomic mass is 9.96. The Labute approximate surface area is 280 Å².